The van der Waals surface area contributed by atoms with Gasteiger partial charge in [-0.3, -0.25) is 9.48 Å². The first-order valence-corrected chi connectivity index (χ1v) is 9.18. The smallest absolute Gasteiger partial charge is 0.259 e. The quantitative estimate of drug-likeness (QED) is 0.529. The summed E-state index contributed by atoms with van der Waals surface area (Å²) in [6.07, 6.45) is 4.78. The number of hydrogen-bond donors (Lipinski definition) is 1. The molecule has 150 valence electrons. The molecule has 7 nitrogen and oxygen atoms in total. The van der Waals surface area contributed by atoms with Crippen molar-refractivity contribution in [2.45, 2.75) is 6.61 Å². The van der Waals surface area contributed by atoms with E-state index in [0.717, 1.165) is 16.8 Å². The van der Waals surface area contributed by atoms with Crippen LogP contribution in [0, 0.1) is 5.82 Å². The van der Waals surface area contributed by atoms with E-state index in [-0.39, 0.29) is 18.3 Å². The molecule has 0 aliphatic rings. The zero-order valence-electron chi connectivity index (χ0n) is 16.1. The highest BCUT2D eigenvalue weighted by atomic mass is 19.1. The third kappa shape index (κ3) is 4.49. The zero-order chi connectivity index (χ0) is 20.9. The Hall–Kier alpha value is -4.07. The standard InChI is InChI=1S/C22H18FN5O2/c1-28-11-9-20(27-28)16-4-7-21(30-14-15-2-5-17(23)6-3-15)19(12-16)22(29)26-18-8-10-24-25-13-18/h2-13H,14H2,1H3,(H,24,26,29). The van der Waals surface area contributed by atoms with Gasteiger partial charge >= 0.3 is 0 Å². The molecule has 0 atom stereocenters. The molecule has 1 amide bonds. The van der Waals surface area contributed by atoms with Gasteiger partial charge in [0.25, 0.3) is 5.91 Å². The van der Waals surface area contributed by atoms with Gasteiger partial charge in [0, 0.05) is 18.8 Å². The molecule has 0 radical (unpaired) electrons. The molecule has 0 unspecified atom stereocenters. The molecule has 0 saturated heterocycles. The number of nitrogens with one attached hydrogen (secondary N) is 1. The van der Waals surface area contributed by atoms with Crippen molar-refractivity contribution in [3.63, 3.8) is 0 Å². The Bertz CT molecular complexity index is 1160. The van der Waals surface area contributed by atoms with Gasteiger partial charge in [-0.05, 0) is 48.0 Å². The minimum absolute atomic E-state index is 0.195. The number of carbonyl (C=O) groups excluding carboxylic acids is 1. The van der Waals surface area contributed by atoms with Gasteiger partial charge < -0.3 is 10.1 Å². The van der Waals surface area contributed by atoms with E-state index in [9.17, 15) is 9.18 Å². The molecular weight excluding hydrogens is 385 g/mol. The lowest BCUT2D eigenvalue weighted by Gasteiger charge is -2.13. The first-order chi connectivity index (χ1) is 14.6. The molecule has 0 saturated carbocycles. The summed E-state index contributed by atoms with van der Waals surface area (Å²) in [6.45, 7) is 0.195. The molecule has 30 heavy (non-hydrogen) atoms. The molecule has 4 aromatic rings. The number of halogens is 1. The van der Waals surface area contributed by atoms with Crippen molar-refractivity contribution in [2.75, 3.05) is 5.32 Å². The second-order valence-electron chi connectivity index (χ2n) is 6.59. The highest BCUT2D eigenvalue weighted by Crippen LogP contribution is 2.27. The van der Waals surface area contributed by atoms with Crippen LogP contribution in [0.25, 0.3) is 11.3 Å². The molecule has 2 aromatic heterocycles. The van der Waals surface area contributed by atoms with Gasteiger partial charge in [0.15, 0.2) is 0 Å². The van der Waals surface area contributed by atoms with E-state index in [2.05, 4.69) is 20.6 Å². The van der Waals surface area contributed by atoms with Crippen LogP contribution in [-0.4, -0.2) is 25.9 Å². The van der Waals surface area contributed by atoms with Gasteiger partial charge in [-0.1, -0.05) is 12.1 Å². The van der Waals surface area contributed by atoms with Crippen LogP contribution in [0.5, 0.6) is 5.75 Å². The van der Waals surface area contributed by atoms with Crippen LogP contribution in [0.2, 0.25) is 0 Å². The number of aryl methyl sites for hydroxylation is 1. The van der Waals surface area contributed by atoms with Crippen LogP contribution >= 0.6 is 0 Å². The molecule has 0 bridgehead atoms. The summed E-state index contributed by atoms with van der Waals surface area (Å²) in [5.74, 6) is -0.266. The Labute approximate surface area is 172 Å². The monoisotopic (exact) mass is 403 g/mol. The fourth-order valence-corrected chi connectivity index (χ4v) is 2.87. The maximum absolute atomic E-state index is 13.1. The van der Waals surface area contributed by atoms with E-state index >= 15 is 0 Å². The Kier molecular flexibility index (Phi) is 5.47. The van der Waals surface area contributed by atoms with Gasteiger partial charge in [-0.2, -0.15) is 15.3 Å². The molecule has 4 rings (SSSR count). The Morgan fingerprint density at radius 1 is 1.10 bits per heavy atom. The fraction of sp³-hybridized carbons (Fsp3) is 0.0909. The molecule has 2 aromatic carbocycles. The minimum atomic E-state index is -0.352. The summed E-state index contributed by atoms with van der Waals surface area (Å²) in [6, 6.07) is 14.8. The van der Waals surface area contributed by atoms with Gasteiger partial charge in [0.1, 0.15) is 18.2 Å². The van der Waals surface area contributed by atoms with Gasteiger partial charge in [-0.15, -0.1) is 0 Å². The third-order valence-electron chi connectivity index (χ3n) is 4.38. The van der Waals surface area contributed by atoms with Crippen LogP contribution < -0.4 is 10.1 Å². The Balaban J connectivity index is 1.63. The van der Waals surface area contributed by atoms with Crippen LogP contribution in [0.1, 0.15) is 15.9 Å². The molecule has 8 heteroatoms. The van der Waals surface area contributed by atoms with Crippen molar-refractivity contribution in [3.05, 3.63) is 90.1 Å². The van der Waals surface area contributed by atoms with Gasteiger partial charge in [0.2, 0.25) is 0 Å². The number of nitrogens with zero attached hydrogens (tertiary/aromatic N) is 4. The van der Waals surface area contributed by atoms with Crippen molar-refractivity contribution in [3.8, 4) is 17.0 Å². The number of aromatic nitrogens is 4. The summed E-state index contributed by atoms with van der Waals surface area (Å²) in [5, 5.41) is 14.6. The highest BCUT2D eigenvalue weighted by molar-refractivity contribution is 6.06. The van der Waals surface area contributed by atoms with E-state index in [1.165, 1.54) is 24.5 Å². The van der Waals surface area contributed by atoms with Crippen LogP contribution in [-0.2, 0) is 13.7 Å². The van der Waals surface area contributed by atoms with Crippen molar-refractivity contribution in [1.29, 1.82) is 0 Å². The van der Waals surface area contributed by atoms with Gasteiger partial charge in [0.05, 0.1) is 29.3 Å². The molecule has 0 spiro atoms. The second-order valence-corrected chi connectivity index (χ2v) is 6.59. The summed E-state index contributed by atoms with van der Waals surface area (Å²) < 4.78 is 20.7. The molecular formula is C22H18FN5O2. The number of benzene rings is 2. The number of carbonyl (C=O) groups is 1. The average Bonchev–Trinajstić information content (AvgIpc) is 3.20. The first-order valence-electron chi connectivity index (χ1n) is 9.18. The summed E-state index contributed by atoms with van der Waals surface area (Å²) in [7, 11) is 1.83. The maximum atomic E-state index is 13.1. The Morgan fingerprint density at radius 2 is 1.93 bits per heavy atom. The minimum Gasteiger partial charge on any atom is -0.488 e. The van der Waals surface area contributed by atoms with Crippen molar-refractivity contribution < 1.29 is 13.9 Å². The first kappa shape index (κ1) is 19.3. The normalized spacial score (nSPS) is 10.6. The fourth-order valence-electron chi connectivity index (χ4n) is 2.87. The second kappa shape index (κ2) is 8.52. The van der Waals surface area contributed by atoms with Crippen LogP contribution in [0.15, 0.2) is 73.2 Å². The average molecular weight is 403 g/mol. The lowest BCUT2D eigenvalue weighted by molar-refractivity contribution is 0.102. The molecule has 1 N–H and O–H groups in total. The summed E-state index contributed by atoms with van der Waals surface area (Å²) in [4.78, 5) is 13.0. The van der Waals surface area contributed by atoms with Crippen LogP contribution in [0.3, 0.4) is 0 Å². The van der Waals surface area contributed by atoms with E-state index in [1.807, 2.05) is 25.4 Å². The molecule has 0 fully saturated rings. The molecule has 0 aliphatic heterocycles. The number of amides is 1. The van der Waals surface area contributed by atoms with E-state index in [1.54, 1.807) is 35.0 Å². The number of hydrogen-bond acceptors (Lipinski definition) is 5. The largest absolute Gasteiger partial charge is 0.488 e. The van der Waals surface area contributed by atoms with E-state index < -0.39 is 0 Å². The van der Waals surface area contributed by atoms with Crippen molar-refractivity contribution in [2.24, 2.45) is 7.05 Å². The third-order valence-corrected chi connectivity index (χ3v) is 4.38. The number of anilines is 1. The van der Waals surface area contributed by atoms with Crippen molar-refractivity contribution in [1.82, 2.24) is 20.0 Å². The molecule has 2 heterocycles. The summed E-state index contributed by atoms with van der Waals surface area (Å²) >= 11 is 0. The van der Waals surface area contributed by atoms with Crippen LogP contribution in [0.4, 0.5) is 10.1 Å². The lowest BCUT2D eigenvalue weighted by atomic mass is 10.1. The van der Waals surface area contributed by atoms with Gasteiger partial charge in [-0.25, -0.2) is 4.39 Å². The predicted molar refractivity (Wildman–Crippen MR) is 109 cm³/mol. The maximum Gasteiger partial charge on any atom is 0.259 e. The van der Waals surface area contributed by atoms with E-state index in [4.69, 9.17) is 4.74 Å². The number of rotatable bonds is 6. The van der Waals surface area contributed by atoms with Crippen molar-refractivity contribution >= 4 is 11.6 Å². The summed E-state index contributed by atoms with van der Waals surface area (Å²) in [5.41, 5.74) is 3.17. The predicted octanol–water partition coefficient (Wildman–Crippen LogP) is 3.85. The lowest BCUT2D eigenvalue weighted by Crippen LogP contribution is -2.14. The Morgan fingerprint density at radius 3 is 2.63 bits per heavy atom. The topological polar surface area (TPSA) is 81.9 Å². The zero-order valence-corrected chi connectivity index (χ0v) is 16.1. The number of ether oxygens (including phenoxy) is 1. The van der Waals surface area contributed by atoms with E-state index in [0.29, 0.717) is 17.0 Å². The SMILES string of the molecule is Cn1ccc(-c2ccc(OCc3ccc(F)cc3)c(C(=O)Nc3ccnnc3)c2)n1. The molecule has 0 aliphatic carbocycles. The highest BCUT2D eigenvalue weighted by Gasteiger charge is 2.16.